The molecule has 1 saturated carbocycles. The van der Waals surface area contributed by atoms with Gasteiger partial charge in [-0.1, -0.05) is 18.2 Å². The highest BCUT2D eigenvalue weighted by Gasteiger charge is 2.19. The van der Waals surface area contributed by atoms with E-state index in [-0.39, 0.29) is 0 Å². The maximum atomic E-state index is 6.00. The van der Waals surface area contributed by atoms with Crippen LogP contribution in [0.25, 0.3) is 5.65 Å². The molecule has 1 aliphatic rings. The molecule has 124 valence electrons. The largest absolute Gasteiger partial charge is 0.366 e. The van der Waals surface area contributed by atoms with E-state index in [1.807, 2.05) is 47.1 Å². The number of hydrogen-bond acceptors (Lipinski definition) is 5. The minimum atomic E-state index is 0.349. The van der Waals surface area contributed by atoms with E-state index in [0.717, 1.165) is 48.5 Å². The number of anilines is 3. The molecule has 1 fully saturated rings. The minimum Gasteiger partial charge on any atom is -0.366 e. The van der Waals surface area contributed by atoms with Crippen LogP contribution in [0, 0.1) is 0 Å². The van der Waals surface area contributed by atoms with Gasteiger partial charge in [-0.2, -0.15) is 0 Å². The lowest BCUT2D eigenvalue weighted by molar-refractivity contribution is 0.410. The van der Waals surface area contributed by atoms with E-state index in [9.17, 15) is 0 Å². The molecule has 6 nitrogen and oxygen atoms in total. The van der Waals surface area contributed by atoms with Gasteiger partial charge in [-0.05, 0) is 37.8 Å². The highest BCUT2D eigenvalue weighted by atomic mass is 15.3. The molecule has 6 heteroatoms. The van der Waals surface area contributed by atoms with Crippen LogP contribution in [0.2, 0.25) is 0 Å². The van der Waals surface area contributed by atoms with Crippen LogP contribution in [0.5, 0.6) is 0 Å². The van der Waals surface area contributed by atoms with Gasteiger partial charge in [-0.25, -0.2) is 9.50 Å². The van der Waals surface area contributed by atoms with Crippen LogP contribution in [0.1, 0.15) is 25.7 Å². The normalized spacial score (nSPS) is 20.9. The molecule has 4 rings (SSSR count). The molecule has 0 amide bonds. The SMILES string of the molecule is NC1CCC(Nc2cc(Nc3ccccc3)c3nccn3n2)CC1. The van der Waals surface area contributed by atoms with E-state index in [0.29, 0.717) is 12.1 Å². The number of hydrogen-bond donors (Lipinski definition) is 3. The summed E-state index contributed by atoms with van der Waals surface area (Å²) in [5.41, 5.74) is 8.78. The summed E-state index contributed by atoms with van der Waals surface area (Å²) in [6.45, 7) is 0. The highest BCUT2D eigenvalue weighted by Crippen LogP contribution is 2.25. The maximum absolute atomic E-state index is 6.00. The van der Waals surface area contributed by atoms with E-state index in [1.165, 1.54) is 0 Å². The molecular formula is C18H22N6. The fourth-order valence-electron chi connectivity index (χ4n) is 3.23. The van der Waals surface area contributed by atoms with Gasteiger partial charge in [0.2, 0.25) is 0 Å². The lowest BCUT2D eigenvalue weighted by atomic mass is 9.92. The number of fused-ring (bicyclic) bond motifs is 1. The van der Waals surface area contributed by atoms with E-state index < -0.39 is 0 Å². The second kappa shape index (κ2) is 6.49. The quantitative estimate of drug-likeness (QED) is 0.687. The summed E-state index contributed by atoms with van der Waals surface area (Å²) in [4.78, 5) is 4.41. The Morgan fingerprint density at radius 1 is 1.08 bits per heavy atom. The van der Waals surface area contributed by atoms with Crippen LogP contribution < -0.4 is 16.4 Å². The zero-order valence-corrected chi connectivity index (χ0v) is 13.5. The number of rotatable bonds is 4. The van der Waals surface area contributed by atoms with Crippen LogP contribution in [-0.4, -0.2) is 26.7 Å². The van der Waals surface area contributed by atoms with Crippen LogP contribution in [0.15, 0.2) is 48.8 Å². The molecule has 0 aliphatic heterocycles. The third-order valence-corrected chi connectivity index (χ3v) is 4.54. The first-order valence-corrected chi connectivity index (χ1v) is 8.46. The van der Waals surface area contributed by atoms with Gasteiger partial charge in [-0.3, -0.25) is 0 Å². The average molecular weight is 322 g/mol. The van der Waals surface area contributed by atoms with Crippen LogP contribution in [0.3, 0.4) is 0 Å². The van der Waals surface area contributed by atoms with Crippen LogP contribution in [0.4, 0.5) is 17.2 Å². The summed E-state index contributed by atoms with van der Waals surface area (Å²) in [5, 5.41) is 11.6. The van der Waals surface area contributed by atoms with Crippen molar-refractivity contribution in [2.24, 2.45) is 5.73 Å². The van der Waals surface area contributed by atoms with Gasteiger partial charge in [0.25, 0.3) is 0 Å². The van der Waals surface area contributed by atoms with Gasteiger partial charge in [0.15, 0.2) is 5.65 Å². The van der Waals surface area contributed by atoms with Crippen molar-refractivity contribution in [3.8, 4) is 0 Å². The molecule has 1 aliphatic carbocycles. The summed E-state index contributed by atoms with van der Waals surface area (Å²) in [5.74, 6) is 0.861. The number of imidazole rings is 1. The van der Waals surface area contributed by atoms with Gasteiger partial charge < -0.3 is 16.4 Å². The zero-order valence-electron chi connectivity index (χ0n) is 13.5. The predicted molar refractivity (Wildman–Crippen MR) is 96.6 cm³/mol. The van der Waals surface area contributed by atoms with E-state index in [4.69, 9.17) is 5.73 Å². The number of para-hydroxylation sites is 1. The van der Waals surface area contributed by atoms with Gasteiger partial charge in [0.1, 0.15) is 5.82 Å². The molecule has 0 atom stereocenters. The van der Waals surface area contributed by atoms with Crippen LogP contribution in [-0.2, 0) is 0 Å². The molecular weight excluding hydrogens is 300 g/mol. The monoisotopic (exact) mass is 322 g/mol. The van der Waals surface area contributed by atoms with E-state index in [1.54, 1.807) is 6.20 Å². The lowest BCUT2D eigenvalue weighted by Gasteiger charge is -2.27. The Balaban J connectivity index is 1.60. The molecule has 0 saturated heterocycles. The fraction of sp³-hybridized carbons (Fsp3) is 0.333. The number of aromatic nitrogens is 3. The molecule has 24 heavy (non-hydrogen) atoms. The Morgan fingerprint density at radius 3 is 2.67 bits per heavy atom. The van der Waals surface area contributed by atoms with Gasteiger partial charge in [0.05, 0.1) is 5.69 Å². The smallest absolute Gasteiger partial charge is 0.177 e. The summed E-state index contributed by atoms with van der Waals surface area (Å²) >= 11 is 0. The average Bonchev–Trinajstić information content (AvgIpc) is 3.07. The third-order valence-electron chi connectivity index (χ3n) is 4.54. The molecule has 0 spiro atoms. The molecule has 4 N–H and O–H groups in total. The lowest BCUT2D eigenvalue weighted by Crippen LogP contribution is -2.33. The topological polar surface area (TPSA) is 80.3 Å². The predicted octanol–water partition coefficient (Wildman–Crippen LogP) is 3.15. The zero-order chi connectivity index (χ0) is 16.4. The van der Waals surface area contributed by atoms with Crippen molar-refractivity contribution < 1.29 is 0 Å². The highest BCUT2D eigenvalue weighted by molar-refractivity contribution is 5.75. The molecule has 3 aromatic rings. The molecule has 2 heterocycles. The standard InChI is InChI=1S/C18H22N6/c19-13-6-8-15(9-7-13)22-17-12-16(18-20-10-11-24(18)23-17)21-14-4-2-1-3-5-14/h1-5,10-13,15,21H,6-9,19H2,(H,22,23). The summed E-state index contributed by atoms with van der Waals surface area (Å²) in [6, 6.07) is 12.9. The molecule has 1 aromatic carbocycles. The van der Waals surface area contributed by atoms with Crippen LogP contribution >= 0.6 is 0 Å². The molecule has 2 aromatic heterocycles. The van der Waals surface area contributed by atoms with E-state index >= 15 is 0 Å². The Labute approximate surface area is 141 Å². The number of benzene rings is 1. The summed E-state index contributed by atoms with van der Waals surface area (Å²) in [7, 11) is 0. The maximum Gasteiger partial charge on any atom is 0.177 e. The first-order valence-electron chi connectivity index (χ1n) is 8.46. The summed E-state index contributed by atoms with van der Waals surface area (Å²) in [6.07, 6.45) is 7.95. The molecule has 0 unspecified atom stereocenters. The number of nitrogens with two attached hydrogens (primary N) is 1. The number of nitrogens with one attached hydrogen (secondary N) is 2. The summed E-state index contributed by atoms with van der Waals surface area (Å²) < 4.78 is 1.81. The van der Waals surface area contributed by atoms with Gasteiger partial charge >= 0.3 is 0 Å². The van der Waals surface area contributed by atoms with Gasteiger partial charge in [0, 0.05) is 36.2 Å². The first-order chi connectivity index (χ1) is 11.8. The van der Waals surface area contributed by atoms with Crippen molar-refractivity contribution in [1.29, 1.82) is 0 Å². The second-order valence-electron chi connectivity index (χ2n) is 6.39. The van der Waals surface area contributed by atoms with Gasteiger partial charge in [-0.15, -0.1) is 5.10 Å². The van der Waals surface area contributed by atoms with Crippen molar-refractivity contribution in [3.63, 3.8) is 0 Å². The number of nitrogens with zero attached hydrogens (tertiary/aromatic N) is 3. The first kappa shape index (κ1) is 15.0. The third kappa shape index (κ3) is 3.19. The fourth-order valence-corrected chi connectivity index (χ4v) is 3.23. The van der Waals surface area contributed by atoms with E-state index in [2.05, 4.69) is 20.7 Å². The Morgan fingerprint density at radius 2 is 1.88 bits per heavy atom. The van der Waals surface area contributed by atoms with Crippen molar-refractivity contribution >= 4 is 22.8 Å². The minimum absolute atomic E-state index is 0.349. The van der Waals surface area contributed by atoms with Crippen molar-refractivity contribution in [2.45, 2.75) is 37.8 Å². The second-order valence-corrected chi connectivity index (χ2v) is 6.39. The molecule has 0 radical (unpaired) electrons. The Hall–Kier alpha value is -2.60. The van der Waals surface area contributed by atoms with Crippen molar-refractivity contribution in [2.75, 3.05) is 10.6 Å². The Kier molecular flexibility index (Phi) is 4.04. The van der Waals surface area contributed by atoms with Crippen molar-refractivity contribution in [1.82, 2.24) is 14.6 Å². The molecule has 0 bridgehead atoms. The van der Waals surface area contributed by atoms with Crippen molar-refractivity contribution in [3.05, 3.63) is 48.8 Å². The Bertz CT molecular complexity index is 805.